The molecule has 2 atom stereocenters. The molecule has 1 N–H and O–H groups in total. The van der Waals surface area contributed by atoms with Gasteiger partial charge in [-0.1, -0.05) is 52.7 Å². The van der Waals surface area contributed by atoms with Gasteiger partial charge in [0.1, 0.15) is 18.3 Å². The standard InChI is InChI=1S/C30H35Br2N3O5S/c1-6-21(3)33-30(37)22(4)34(18-23-8-7-9-24(31)16-23)29(36)19-35(25-12-10-20(2)11-13-25)41(38,39)26-14-15-28(40-5)27(32)17-26/h7-17,21-22H,6,18-19H2,1-5H3,(H,33,37)/t21-,22-/m1/s1. The van der Waals surface area contributed by atoms with Crippen molar-refractivity contribution in [2.24, 2.45) is 0 Å². The minimum Gasteiger partial charge on any atom is -0.496 e. The van der Waals surface area contributed by atoms with Crippen molar-refractivity contribution < 1.29 is 22.7 Å². The molecule has 220 valence electrons. The minimum atomic E-state index is -4.20. The van der Waals surface area contributed by atoms with Crippen LogP contribution in [0.5, 0.6) is 5.75 Å². The molecule has 0 bridgehead atoms. The van der Waals surface area contributed by atoms with E-state index in [9.17, 15) is 18.0 Å². The summed E-state index contributed by atoms with van der Waals surface area (Å²) in [5.41, 5.74) is 2.06. The van der Waals surface area contributed by atoms with Gasteiger partial charge in [-0.15, -0.1) is 0 Å². The Bertz CT molecular complexity index is 1480. The van der Waals surface area contributed by atoms with Gasteiger partial charge in [-0.05, 0) is 91.1 Å². The van der Waals surface area contributed by atoms with Gasteiger partial charge in [-0.25, -0.2) is 8.42 Å². The monoisotopic (exact) mass is 707 g/mol. The van der Waals surface area contributed by atoms with Crippen molar-refractivity contribution in [3.05, 3.63) is 86.8 Å². The molecule has 0 fully saturated rings. The van der Waals surface area contributed by atoms with Crippen molar-refractivity contribution >= 4 is 59.4 Å². The number of nitrogens with zero attached hydrogens (tertiary/aromatic N) is 2. The van der Waals surface area contributed by atoms with Crippen LogP contribution in [-0.4, -0.2) is 50.9 Å². The summed E-state index contributed by atoms with van der Waals surface area (Å²) in [5, 5.41) is 2.94. The third kappa shape index (κ3) is 8.33. The Morgan fingerprint density at radius 3 is 2.27 bits per heavy atom. The second-order valence-corrected chi connectivity index (χ2v) is 13.4. The van der Waals surface area contributed by atoms with Crippen molar-refractivity contribution in [1.82, 2.24) is 10.2 Å². The molecule has 0 aromatic heterocycles. The number of anilines is 1. The first-order valence-electron chi connectivity index (χ1n) is 13.1. The van der Waals surface area contributed by atoms with Gasteiger partial charge in [0.2, 0.25) is 11.8 Å². The number of carbonyl (C=O) groups excluding carboxylic acids is 2. The molecule has 0 radical (unpaired) electrons. The number of rotatable bonds is 12. The maximum atomic E-state index is 14.0. The topological polar surface area (TPSA) is 96.0 Å². The van der Waals surface area contributed by atoms with Crippen molar-refractivity contribution in [1.29, 1.82) is 0 Å². The van der Waals surface area contributed by atoms with E-state index in [1.807, 2.05) is 45.0 Å². The summed E-state index contributed by atoms with van der Waals surface area (Å²) in [7, 11) is -2.71. The van der Waals surface area contributed by atoms with Gasteiger partial charge in [-0.2, -0.15) is 0 Å². The highest BCUT2D eigenvalue weighted by Crippen LogP contribution is 2.31. The van der Waals surface area contributed by atoms with Crippen LogP contribution in [0.2, 0.25) is 0 Å². The Kier molecular flexibility index (Phi) is 11.4. The number of carbonyl (C=O) groups is 2. The lowest BCUT2D eigenvalue weighted by molar-refractivity contribution is -0.139. The van der Waals surface area contributed by atoms with E-state index in [4.69, 9.17) is 4.74 Å². The highest BCUT2D eigenvalue weighted by Gasteiger charge is 2.33. The van der Waals surface area contributed by atoms with E-state index in [1.165, 1.54) is 24.1 Å². The van der Waals surface area contributed by atoms with Crippen LogP contribution >= 0.6 is 31.9 Å². The number of ether oxygens (including phenoxy) is 1. The van der Waals surface area contributed by atoms with Gasteiger partial charge in [0.25, 0.3) is 10.0 Å². The zero-order valence-corrected chi connectivity index (χ0v) is 27.7. The number of aryl methyl sites for hydroxylation is 1. The van der Waals surface area contributed by atoms with E-state index >= 15 is 0 Å². The molecule has 0 unspecified atom stereocenters. The highest BCUT2D eigenvalue weighted by atomic mass is 79.9. The number of halogens is 2. The maximum Gasteiger partial charge on any atom is 0.264 e. The fraction of sp³-hybridized carbons (Fsp3) is 0.333. The third-order valence-corrected chi connectivity index (χ3v) is 9.61. The van der Waals surface area contributed by atoms with Crippen LogP contribution in [0.3, 0.4) is 0 Å². The molecule has 0 aliphatic heterocycles. The third-order valence-electron chi connectivity index (χ3n) is 6.72. The summed E-state index contributed by atoms with van der Waals surface area (Å²) in [4.78, 5) is 28.6. The summed E-state index contributed by atoms with van der Waals surface area (Å²) < 4.78 is 35.7. The molecule has 41 heavy (non-hydrogen) atoms. The summed E-state index contributed by atoms with van der Waals surface area (Å²) in [5.74, 6) is -0.358. The van der Waals surface area contributed by atoms with Gasteiger partial charge in [-0.3, -0.25) is 13.9 Å². The Labute approximate surface area is 259 Å². The van der Waals surface area contributed by atoms with Crippen molar-refractivity contribution in [2.75, 3.05) is 18.0 Å². The molecule has 0 aliphatic rings. The van der Waals surface area contributed by atoms with Crippen molar-refractivity contribution in [2.45, 2.75) is 57.6 Å². The Morgan fingerprint density at radius 2 is 1.68 bits per heavy atom. The average Bonchev–Trinajstić information content (AvgIpc) is 2.94. The zero-order chi connectivity index (χ0) is 30.3. The van der Waals surface area contributed by atoms with Gasteiger partial charge in [0.05, 0.1) is 22.2 Å². The SMILES string of the molecule is CC[C@@H](C)NC(=O)[C@@H](C)N(Cc1cccc(Br)c1)C(=O)CN(c1ccc(C)cc1)S(=O)(=O)c1ccc(OC)c(Br)c1. The Morgan fingerprint density at radius 1 is 1.00 bits per heavy atom. The highest BCUT2D eigenvalue weighted by molar-refractivity contribution is 9.10. The van der Waals surface area contributed by atoms with Crippen LogP contribution in [0.1, 0.15) is 38.3 Å². The first-order valence-corrected chi connectivity index (χ1v) is 16.2. The summed E-state index contributed by atoms with van der Waals surface area (Å²) in [6.45, 7) is 7.00. The normalized spacial score (nSPS) is 12.8. The van der Waals surface area contributed by atoms with E-state index in [0.29, 0.717) is 15.9 Å². The van der Waals surface area contributed by atoms with Gasteiger partial charge in [0.15, 0.2) is 0 Å². The summed E-state index contributed by atoms with van der Waals surface area (Å²) in [6, 6.07) is 17.8. The molecule has 0 spiro atoms. The first kappa shape index (κ1) is 32.6. The molecule has 3 aromatic carbocycles. The van der Waals surface area contributed by atoms with Crippen LogP contribution < -0.4 is 14.4 Å². The number of hydrogen-bond acceptors (Lipinski definition) is 5. The van der Waals surface area contributed by atoms with E-state index in [1.54, 1.807) is 37.3 Å². The smallest absolute Gasteiger partial charge is 0.264 e. The van der Waals surface area contributed by atoms with Crippen LogP contribution in [0.15, 0.2) is 80.6 Å². The Balaban J connectivity index is 2.05. The molecule has 0 saturated heterocycles. The van der Waals surface area contributed by atoms with Gasteiger partial charge >= 0.3 is 0 Å². The second-order valence-electron chi connectivity index (χ2n) is 9.79. The maximum absolute atomic E-state index is 14.0. The van der Waals surface area contributed by atoms with Crippen molar-refractivity contribution in [3.63, 3.8) is 0 Å². The lowest BCUT2D eigenvalue weighted by Crippen LogP contribution is -2.52. The fourth-order valence-electron chi connectivity index (χ4n) is 4.05. The average molecular weight is 710 g/mol. The number of benzene rings is 3. The number of amides is 2. The van der Waals surface area contributed by atoms with E-state index < -0.39 is 28.5 Å². The van der Waals surface area contributed by atoms with E-state index in [-0.39, 0.29) is 23.4 Å². The lowest BCUT2D eigenvalue weighted by Gasteiger charge is -2.32. The first-order chi connectivity index (χ1) is 19.4. The van der Waals surface area contributed by atoms with Gasteiger partial charge < -0.3 is 15.0 Å². The summed E-state index contributed by atoms with van der Waals surface area (Å²) >= 11 is 6.82. The van der Waals surface area contributed by atoms with Gasteiger partial charge in [0, 0.05) is 17.1 Å². The van der Waals surface area contributed by atoms with Crippen molar-refractivity contribution in [3.8, 4) is 5.75 Å². The Hall–Kier alpha value is -2.89. The lowest BCUT2D eigenvalue weighted by atomic mass is 10.1. The zero-order valence-electron chi connectivity index (χ0n) is 23.7. The molecule has 3 rings (SSSR count). The molecule has 0 heterocycles. The number of methoxy groups -OCH3 is 1. The predicted octanol–water partition coefficient (Wildman–Crippen LogP) is 6.06. The molecule has 0 aliphatic carbocycles. The number of hydrogen-bond donors (Lipinski definition) is 1. The predicted molar refractivity (Wildman–Crippen MR) is 168 cm³/mol. The second kappa shape index (κ2) is 14.3. The van der Waals surface area contributed by atoms with Crippen LogP contribution in [-0.2, 0) is 26.2 Å². The number of sulfonamides is 1. The fourth-order valence-corrected chi connectivity index (χ4v) is 6.63. The number of nitrogens with one attached hydrogen (secondary N) is 1. The quantitative estimate of drug-likeness (QED) is 0.247. The van der Waals surface area contributed by atoms with E-state index in [2.05, 4.69) is 37.2 Å². The molecular weight excluding hydrogens is 674 g/mol. The largest absolute Gasteiger partial charge is 0.496 e. The molecule has 2 amide bonds. The molecule has 0 saturated carbocycles. The van der Waals surface area contributed by atoms with Crippen LogP contribution in [0, 0.1) is 6.92 Å². The van der Waals surface area contributed by atoms with E-state index in [0.717, 1.165) is 26.3 Å². The molecule has 8 nitrogen and oxygen atoms in total. The molecular formula is C30H35Br2N3O5S. The minimum absolute atomic E-state index is 0.0142. The van der Waals surface area contributed by atoms with Crippen LogP contribution in [0.4, 0.5) is 5.69 Å². The van der Waals surface area contributed by atoms with Crippen LogP contribution in [0.25, 0.3) is 0 Å². The molecule has 3 aromatic rings. The summed E-state index contributed by atoms with van der Waals surface area (Å²) in [6.07, 6.45) is 0.731. The molecule has 11 heteroatoms.